The molecule has 2 nitrogen and oxygen atoms in total. The van der Waals surface area contributed by atoms with Crippen molar-refractivity contribution in [3.63, 3.8) is 0 Å². The second kappa shape index (κ2) is 5.37. The Morgan fingerprint density at radius 2 is 1.88 bits per heavy atom. The highest BCUT2D eigenvalue weighted by atomic mass is 35.5. The number of aromatic hydroxyl groups is 1. The van der Waals surface area contributed by atoms with Gasteiger partial charge >= 0.3 is 6.18 Å². The van der Waals surface area contributed by atoms with E-state index in [2.05, 4.69) is 6.58 Å². The lowest BCUT2D eigenvalue weighted by Gasteiger charge is -2.17. The van der Waals surface area contributed by atoms with Crippen LogP contribution in [-0.2, 0) is 6.18 Å². The Bertz CT molecular complexity index is 420. The van der Waals surface area contributed by atoms with Gasteiger partial charge in [0.2, 0.25) is 0 Å². The van der Waals surface area contributed by atoms with Crippen LogP contribution >= 0.6 is 12.4 Å². The predicted molar refractivity (Wildman–Crippen MR) is 57.4 cm³/mol. The van der Waals surface area contributed by atoms with E-state index in [9.17, 15) is 22.7 Å². The van der Waals surface area contributed by atoms with E-state index in [1.807, 2.05) is 0 Å². The lowest BCUT2D eigenvalue weighted by molar-refractivity contribution is -0.138. The van der Waals surface area contributed by atoms with Crippen LogP contribution < -0.4 is 5.73 Å². The molecule has 0 amide bonds. The van der Waals surface area contributed by atoms with Gasteiger partial charge in [-0.2, -0.15) is 13.2 Å². The Labute approximate surface area is 101 Å². The molecule has 1 atom stereocenters. The van der Waals surface area contributed by atoms with E-state index in [-0.39, 0.29) is 12.4 Å². The third kappa shape index (κ3) is 3.10. The molecule has 1 aromatic carbocycles. The van der Waals surface area contributed by atoms with Gasteiger partial charge in [-0.1, -0.05) is 6.08 Å². The number of rotatable bonds is 2. The Morgan fingerprint density at radius 3 is 2.29 bits per heavy atom. The number of benzene rings is 1. The molecule has 17 heavy (non-hydrogen) atoms. The summed E-state index contributed by atoms with van der Waals surface area (Å²) in [6.45, 7) is 3.21. The number of nitrogens with two attached hydrogens (primary N) is 1. The topological polar surface area (TPSA) is 46.2 Å². The number of hydrogen-bond acceptors (Lipinski definition) is 2. The van der Waals surface area contributed by atoms with Gasteiger partial charge < -0.3 is 10.8 Å². The number of hydrogen-bond donors (Lipinski definition) is 2. The number of phenolic OH excluding ortho intramolecular Hbond substituents is 1. The van der Waals surface area contributed by atoms with Crippen LogP contribution in [-0.4, -0.2) is 5.11 Å². The van der Waals surface area contributed by atoms with Gasteiger partial charge in [0, 0.05) is 5.56 Å². The van der Waals surface area contributed by atoms with Crippen molar-refractivity contribution >= 4 is 12.4 Å². The van der Waals surface area contributed by atoms with Crippen molar-refractivity contribution in [2.75, 3.05) is 0 Å². The van der Waals surface area contributed by atoms with Crippen molar-refractivity contribution in [3.05, 3.63) is 41.7 Å². The van der Waals surface area contributed by atoms with E-state index in [1.165, 1.54) is 0 Å². The van der Waals surface area contributed by atoms with Crippen molar-refractivity contribution in [3.8, 4) is 5.75 Å². The van der Waals surface area contributed by atoms with Crippen molar-refractivity contribution in [1.82, 2.24) is 0 Å². The van der Waals surface area contributed by atoms with Crippen LogP contribution in [0.15, 0.2) is 24.8 Å². The Morgan fingerprint density at radius 1 is 1.35 bits per heavy atom. The Hall–Kier alpha value is -1.27. The van der Waals surface area contributed by atoms with E-state index >= 15 is 0 Å². The quantitative estimate of drug-likeness (QED) is 0.641. The van der Waals surface area contributed by atoms with Gasteiger partial charge in [0.15, 0.2) is 11.6 Å². The fraction of sp³-hybridized carbons (Fsp3) is 0.200. The summed E-state index contributed by atoms with van der Waals surface area (Å²) in [4.78, 5) is 0. The molecule has 0 aromatic heterocycles. The minimum atomic E-state index is -4.71. The molecule has 0 aliphatic carbocycles. The van der Waals surface area contributed by atoms with Crippen LogP contribution in [0.1, 0.15) is 17.2 Å². The van der Waals surface area contributed by atoms with Crippen molar-refractivity contribution in [1.29, 1.82) is 0 Å². The van der Waals surface area contributed by atoms with E-state index in [4.69, 9.17) is 5.73 Å². The zero-order chi connectivity index (χ0) is 12.5. The second-order valence-electron chi connectivity index (χ2n) is 3.12. The largest absolute Gasteiger partial charge is 0.505 e. The third-order valence-electron chi connectivity index (χ3n) is 2.06. The molecule has 0 radical (unpaired) electrons. The fourth-order valence-corrected chi connectivity index (χ4v) is 1.28. The van der Waals surface area contributed by atoms with Crippen LogP contribution in [0.3, 0.4) is 0 Å². The Kier molecular flexibility index (Phi) is 4.97. The SMILES string of the molecule is C=C[C@@H](N)c1c(C(F)(F)F)ccc(F)c1O.Cl. The maximum Gasteiger partial charge on any atom is 0.416 e. The van der Waals surface area contributed by atoms with Crippen LogP contribution in [0.5, 0.6) is 5.75 Å². The molecule has 0 spiro atoms. The van der Waals surface area contributed by atoms with E-state index in [0.29, 0.717) is 12.1 Å². The average molecular weight is 272 g/mol. The monoisotopic (exact) mass is 271 g/mol. The molecule has 0 bridgehead atoms. The maximum atomic E-state index is 12.9. The van der Waals surface area contributed by atoms with Gasteiger partial charge in [-0.15, -0.1) is 19.0 Å². The molecule has 0 fully saturated rings. The summed E-state index contributed by atoms with van der Waals surface area (Å²) in [6.07, 6.45) is -3.72. The highest BCUT2D eigenvalue weighted by Crippen LogP contribution is 2.39. The normalized spacial score (nSPS) is 12.8. The van der Waals surface area contributed by atoms with Crippen molar-refractivity contribution in [2.45, 2.75) is 12.2 Å². The molecule has 0 aliphatic rings. The van der Waals surface area contributed by atoms with E-state index < -0.39 is 34.9 Å². The molecule has 0 aliphatic heterocycles. The van der Waals surface area contributed by atoms with E-state index in [1.54, 1.807) is 0 Å². The highest BCUT2D eigenvalue weighted by molar-refractivity contribution is 5.85. The van der Waals surface area contributed by atoms with Gasteiger partial charge in [0.05, 0.1) is 11.6 Å². The summed E-state index contributed by atoms with van der Waals surface area (Å²) in [5.74, 6) is -2.25. The van der Waals surface area contributed by atoms with Gasteiger partial charge in [0.25, 0.3) is 0 Å². The lowest BCUT2D eigenvalue weighted by Crippen LogP contribution is -2.16. The fourth-order valence-electron chi connectivity index (χ4n) is 1.28. The van der Waals surface area contributed by atoms with Gasteiger partial charge in [-0.25, -0.2) is 4.39 Å². The summed E-state index contributed by atoms with van der Waals surface area (Å²) in [6, 6.07) is -0.210. The summed E-state index contributed by atoms with van der Waals surface area (Å²) in [5, 5.41) is 9.24. The molecule has 7 heteroatoms. The number of phenols is 1. The van der Waals surface area contributed by atoms with Crippen LogP contribution in [0.2, 0.25) is 0 Å². The van der Waals surface area contributed by atoms with Gasteiger partial charge in [0.1, 0.15) is 0 Å². The smallest absolute Gasteiger partial charge is 0.416 e. The van der Waals surface area contributed by atoms with Crippen molar-refractivity contribution < 1.29 is 22.7 Å². The summed E-state index contributed by atoms with van der Waals surface area (Å²) < 4.78 is 50.5. The van der Waals surface area contributed by atoms with Crippen LogP contribution in [0.25, 0.3) is 0 Å². The molecule has 3 N–H and O–H groups in total. The first kappa shape index (κ1) is 15.7. The summed E-state index contributed by atoms with van der Waals surface area (Å²) >= 11 is 0. The van der Waals surface area contributed by atoms with Gasteiger partial charge in [-0.05, 0) is 12.1 Å². The maximum absolute atomic E-state index is 12.9. The first-order valence-electron chi connectivity index (χ1n) is 4.25. The third-order valence-corrected chi connectivity index (χ3v) is 2.06. The molecular weight excluding hydrogens is 262 g/mol. The standard InChI is InChI=1S/C10H9F4NO.ClH/c1-2-7(15)8-5(10(12,13)14)3-4-6(11)9(8)16;/h2-4,7,16H,1,15H2;1H/t7-;/m1./s1. The van der Waals surface area contributed by atoms with Crippen molar-refractivity contribution in [2.24, 2.45) is 5.73 Å². The minimum absolute atomic E-state index is 0. The molecule has 1 aromatic rings. The zero-order valence-electron chi connectivity index (χ0n) is 8.46. The lowest BCUT2D eigenvalue weighted by atomic mass is 9.99. The second-order valence-corrected chi connectivity index (χ2v) is 3.12. The molecule has 0 saturated carbocycles. The molecule has 0 saturated heterocycles. The molecule has 0 heterocycles. The average Bonchev–Trinajstić information content (AvgIpc) is 2.19. The highest BCUT2D eigenvalue weighted by Gasteiger charge is 2.36. The first-order valence-corrected chi connectivity index (χ1v) is 4.25. The summed E-state index contributed by atoms with van der Waals surface area (Å²) in [7, 11) is 0. The summed E-state index contributed by atoms with van der Waals surface area (Å²) in [5.41, 5.74) is 3.44. The Balaban J connectivity index is 0.00000256. The molecule has 96 valence electrons. The first-order chi connectivity index (χ1) is 7.29. The molecule has 1 rings (SSSR count). The molecule has 0 unspecified atom stereocenters. The van der Waals surface area contributed by atoms with Gasteiger partial charge in [-0.3, -0.25) is 0 Å². The van der Waals surface area contributed by atoms with Crippen LogP contribution in [0.4, 0.5) is 17.6 Å². The minimum Gasteiger partial charge on any atom is -0.505 e. The number of alkyl halides is 3. The predicted octanol–water partition coefficient (Wildman–Crippen LogP) is 3.16. The number of halogens is 5. The molecular formula is C10H10ClF4NO. The van der Waals surface area contributed by atoms with E-state index in [0.717, 1.165) is 6.08 Å². The van der Waals surface area contributed by atoms with Crippen LogP contribution in [0, 0.1) is 5.82 Å². The zero-order valence-corrected chi connectivity index (χ0v) is 9.28.